The zero-order valence-electron chi connectivity index (χ0n) is 13.4. The summed E-state index contributed by atoms with van der Waals surface area (Å²) in [5, 5.41) is 1.40. The van der Waals surface area contributed by atoms with E-state index in [2.05, 4.69) is 4.98 Å². The number of ether oxygens (including phenoxy) is 1. The van der Waals surface area contributed by atoms with Crippen LogP contribution < -0.4 is 4.74 Å². The van der Waals surface area contributed by atoms with Gasteiger partial charge in [0.25, 0.3) is 5.91 Å². The predicted molar refractivity (Wildman–Crippen MR) is 97.8 cm³/mol. The number of thiazole rings is 1. The van der Waals surface area contributed by atoms with Gasteiger partial charge in [0, 0.05) is 7.05 Å². The molecule has 1 aromatic heterocycles. The van der Waals surface area contributed by atoms with Gasteiger partial charge in [-0.15, -0.1) is 11.3 Å². The molecule has 0 bridgehead atoms. The van der Waals surface area contributed by atoms with Gasteiger partial charge in [0.05, 0.1) is 21.3 Å². The molecule has 124 valence electrons. The molecular weight excluding hydrogens is 344 g/mol. The van der Waals surface area contributed by atoms with Gasteiger partial charge in [0.1, 0.15) is 10.8 Å². The molecular formula is C18H17ClN2O2S. The number of para-hydroxylation sites is 2. The number of hydrogen-bond acceptors (Lipinski definition) is 4. The summed E-state index contributed by atoms with van der Waals surface area (Å²) in [5.41, 5.74) is 0.956. The molecule has 0 N–H and O–H groups in total. The Morgan fingerprint density at radius 1 is 1.25 bits per heavy atom. The highest BCUT2D eigenvalue weighted by molar-refractivity contribution is 7.18. The van der Waals surface area contributed by atoms with Gasteiger partial charge in [0.2, 0.25) is 0 Å². The number of carbonyl (C=O) groups excluding carboxylic acids is 1. The fourth-order valence-corrected chi connectivity index (χ4v) is 3.51. The second-order valence-corrected chi connectivity index (χ2v) is 6.89. The summed E-state index contributed by atoms with van der Waals surface area (Å²) >= 11 is 7.63. The smallest absolute Gasteiger partial charge is 0.260 e. The summed E-state index contributed by atoms with van der Waals surface area (Å²) in [6.07, 6.45) is 0. The van der Waals surface area contributed by atoms with Crippen molar-refractivity contribution in [3.8, 4) is 5.75 Å². The number of hydrogen-bond donors (Lipinski definition) is 0. The number of fused-ring (bicyclic) bond motifs is 1. The lowest BCUT2D eigenvalue weighted by molar-refractivity contribution is -0.134. The molecule has 1 heterocycles. The zero-order valence-corrected chi connectivity index (χ0v) is 15.0. The normalized spacial score (nSPS) is 12.1. The van der Waals surface area contributed by atoms with Crippen LogP contribution in [-0.2, 0) is 4.79 Å². The molecule has 24 heavy (non-hydrogen) atoms. The van der Waals surface area contributed by atoms with Crippen LogP contribution in [0.4, 0.5) is 0 Å². The van der Waals surface area contributed by atoms with Gasteiger partial charge in [0.15, 0.2) is 6.61 Å². The van der Waals surface area contributed by atoms with E-state index in [0.717, 1.165) is 15.2 Å². The van der Waals surface area contributed by atoms with Crippen molar-refractivity contribution < 1.29 is 9.53 Å². The second kappa shape index (κ2) is 7.20. The maximum absolute atomic E-state index is 12.4. The largest absolute Gasteiger partial charge is 0.482 e. The number of rotatable bonds is 5. The molecule has 0 unspecified atom stereocenters. The Labute approximate surface area is 149 Å². The van der Waals surface area contributed by atoms with Gasteiger partial charge >= 0.3 is 0 Å². The molecule has 0 radical (unpaired) electrons. The van der Waals surface area contributed by atoms with E-state index in [4.69, 9.17) is 16.3 Å². The summed E-state index contributed by atoms with van der Waals surface area (Å²) in [4.78, 5) is 18.7. The monoisotopic (exact) mass is 360 g/mol. The Bertz CT molecular complexity index is 832. The Kier molecular flexibility index (Phi) is 5.02. The van der Waals surface area contributed by atoms with E-state index in [9.17, 15) is 4.79 Å². The molecule has 2 aromatic carbocycles. The second-order valence-electron chi connectivity index (χ2n) is 5.42. The van der Waals surface area contributed by atoms with Gasteiger partial charge in [-0.1, -0.05) is 35.9 Å². The minimum atomic E-state index is -0.123. The molecule has 0 aliphatic rings. The maximum Gasteiger partial charge on any atom is 0.260 e. The molecule has 0 aliphatic heterocycles. The van der Waals surface area contributed by atoms with Crippen LogP contribution in [-0.4, -0.2) is 29.4 Å². The van der Waals surface area contributed by atoms with Gasteiger partial charge in [-0.3, -0.25) is 4.79 Å². The molecule has 0 saturated carbocycles. The van der Waals surface area contributed by atoms with Crippen molar-refractivity contribution in [3.63, 3.8) is 0 Å². The number of benzene rings is 2. The van der Waals surface area contributed by atoms with E-state index in [0.29, 0.717) is 10.8 Å². The van der Waals surface area contributed by atoms with Crippen molar-refractivity contribution >= 4 is 39.1 Å². The van der Waals surface area contributed by atoms with Crippen molar-refractivity contribution in [1.29, 1.82) is 0 Å². The molecule has 3 rings (SSSR count). The van der Waals surface area contributed by atoms with E-state index >= 15 is 0 Å². The maximum atomic E-state index is 12.4. The van der Waals surface area contributed by atoms with Crippen LogP contribution in [0.25, 0.3) is 10.2 Å². The van der Waals surface area contributed by atoms with Crippen LogP contribution in [0.5, 0.6) is 5.75 Å². The third kappa shape index (κ3) is 3.52. The third-order valence-electron chi connectivity index (χ3n) is 3.83. The van der Waals surface area contributed by atoms with Crippen LogP contribution in [0, 0.1) is 0 Å². The molecule has 1 amide bonds. The lowest BCUT2D eigenvalue weighted by atomic mass is 10.3. The van der Waals surface area contributed by atoms with Crippen LogP contribution >= 0.6 is 22.9 Å². The molecule has 6 heteroatoms. The Hall–Kier alpha value is -2.11. The number of carbonyl (C=O) groups is 1. The van der Waals surface area contributed by atoms with Crippen molar-refractivity contribution in [3.05, 3.63) is 58.6 Å². The Balaban J connectivity index is 1.67. The molecule has 0 spiro atoms. The number of nitrogens with zero attached hydrogens (tertiary/aromatic N) is 2. The van der Waals surface area contributed by atoms with Crippen LogP contribution in [0.1, 0.15) is 18.0 Å². The minimum absolute atomic E-state index is 0.0601. The van der Waals surface area contributed by atoms with Crippen LogP contribution in [0.3, 0.4) is 0 Å². The molecule has 0 aliphatic carbocycles. The number of aromatic nitrogens is 1. The first-order valence-electron chi connectivity index (χ1n) is 7.54. The average Bonchev–Trinajstić information content (AvgIpc) is 3.03. The third-order valence-corrected chi connectivity index (χ3v) is 5.35. The Morgan fingerprint density at radius 2 is 1.96 bits per heavy atom. The number of halogens is 1. The van der Waals surface area contributed by atoms with Crippen molar-refractivity contribution in [2.75, 3.05) is 13.7 Å². The van der Waals surface area contributed by atoms with Gasteiger partial charge < -0.3 is 9.64 Å². The zero-order chi connectivity index (χ0) is 17.1. The highest BCUT2D eigenvalue weighted by Crippen LogP contribution is 2.29. The van der Waals surface area contributed by atoms with Crippen LogP contribution in [0.15, 0.2) is 48.5 Å². The molecule has 3 aromatic rings. The van der Waals surface area contributed by atoms with E-state index in [-0.39, 0.29) is 18.6 Å². The summed E-state index contributed by atoms with van der Waals surface area (Å²) in [7, 11) is 1.76. The van der Waals surface area contributed by atoms with E-state index < -0.39 is 0 Å². The standard InChI is InChI=1S/C18H17ClN2O2S/c1-12(18-20-14-8-4-6-10-16(14)24-18)21(2)17(22)11-23-15-9-5-3-7-13(15)19/h3-10,12H,11H2,1-2H3/t12-/m0/s1. The van der Waals surface area contributed by atoms with E-state index in [1.807, 2.05) is 43.3 Å². The lowest BCUT2D eigenvalue weighted by Crippen LogP contribution is -2.33. The highest BCUT2D eigenvalue weighted by Gasteiger charge is 2.21. The average molecular weight is 361 g/mol. The first kappa shape index (κ1) is 16.7. The van der Waals surface area contributed by atoms with Gasteiger partial charge in [-0.05, 0) is 31.2 Å². The van der Waals surface area contributed by atoms with Crippen molar-refractivity contribution in [2.24, 2.45) is 0 Å². The molecule has 1 atom stereocenters. The quantitative estimate of drug-likeness (QED) is 0.670. The number of likely N-dealkylation sites (N-methyl/N-ethyl adjacent to an activating group) is 1. The van der Waals surface area contributed by atoms with Gasteiger partial charge in [-0.2, -0.15) is 0 Å². The minimum Gasteiger partial charge on any atom is -0.482 e. The summed E-state index contributed by atoms with van der Waals surface area (Å²) < 4.78 is 6.64. The lowest BCUT2D eigenvalue weighted by Gasteiger charge is -2.23. The Morgan fingerprint density at radius 3 is 2.71 bits per heavy atom. The predicted octanol–water partition coefficient (Wildman–Crippen LogP) is 4.55. The van der Waals surface area contributed by atoms with Crippen molar-refractivity contribution in [2.45, 2.75) is 13.0 Å². The number of amides is 1. The highest BCUT2D eigenvalue weighted by atomic mass is 35.5. The SMILES string of the molecule is C[C@@H](c1nc2ccccc2s1)N(C)C(=O)COc1ccccc1Cl. The van der Waals surface area contributed by atoms with Crippen molar-refractivity contribution in [1.82, 2.24) is 9.88 Å². The first-order valence-corrected chi connectivity index (χ1v) is 8.74. The van der Waals surface area contributed by atoms with E-state index in [1.54, 1.807) is 35.4 Å². The summed E-state index contributed by atoms with van der Waals surface area (Å²) in [6, 6.07) is 14.9. The van der Waals surface area contributed by atoms with E-state index in [1.165, 1.54) is 0 Å². The summed E-state index contributed by atoms with van der Waals surface area (Å²) in [6.45, 7) is 1.90. The molecule has 4 nitrogen and oxygen atoms in total. The molecule has 0 saturated heterocycles. The fourth-order valence-electron chi connectivity index (χ4n) is 2.25. The first-order chi connectivity index (χ1) is 11.6. The van der Waals surface area contributed by atoms with Crippen LogP contribution in [0.2, 0.25) is 5.02 Å². The topological polar surface area (TPSA) is 42.4 Å². The molecule has 0 fully saturated rings. The van der Waals surface area contributed by atoms with Gasteiger partial charge in [-0.25, -0.2) is 4.98 Å². The summed E-state index contributed by atoms with van der Waals surface area (Å²) in [5.74, 6) is 0.384. The fraction of sp³-hybridized carbons (Fsp3) is 0.222.